The van der Waals surface area contributed by atoms with Gasteiger partial charge in [0.25, 0.3) is 0 Å². The summed E-state index contributed by atoms with van der Waals surface area (Å²) in [5.41, 5.74) is 3.46. The number of rotatable bonds is 6. The summed E-state index contributed by atoms with van der Waals surface area (Å²) in [7, 11) is 0. The summed E-state index contributed by atoms with van der Waals surface area (Å²) in [6.07, 6.45) is 0.349. The lowest BCUT2D eigenvalue weighted by Crippen LogP contribution is -2.30. The van der Waals surface area contributed by atoms with Crippen molar-refractivity contribution in [1.29, 1.82) is 0 Å². The van der Waals surface area contributed by atoms with Crippen LogP contribution in [0.2, 0.25) is 0 Å². The molecule has 3 nitrogen and oxygen atoms in total. The van der Waals surface area contributed by atoms with Crippen molar-refractivity contribution >= 4 is 0 Å². The molecule has 5 heteroatoms. The molecule has 2 aromatic carbocycles. The first-order valence-electron chi connectivity index (χ1n) is 6.71. The Labute approximate surface area is 122 Å². The lowest BCUT2D eigenvalue weighted by atomic mass is 10.0. The van der Waals surface area contributed by atoms with Crippen molar-refractivity contribution in [3.05, 3.63) is 65.2 Å². The van der Waals surface area contributed by atoms with Gasteiger partial charge in [0.15, 0.2) is 0 Å². The average molecular weight is 292 g/mol. The van der Waals surface area contributed by atoms with Gasteiger partial charge in [-0.15, -0.1) is 0 Å². The fourth-order valence-electron chi connectivity index (χ4n) is 2.15. The van der Waals surface area contributed by atoms with E-state index in [4.69, 9.17) is 10.6 Å². The third-order valence-electron chi connectivity index (χ3n) is 3.21. The summed E-state index contributed by atoms with van der Waals surface area (Å²) in [6, 6.07) is 10.7. The Morgan fingerprint density at radius 3 is 2.43 bits per heavy atom. The fourth-order valence-corrected chi connectivity index (χ4v) is 2.15. The van der Waals surface area contributed by atoms with E-state index >= 15 is 0 Å². The zero-order valence-electron chi connectivity index (χ0n) is 11.8. The van der Waals surface area contributed by atoms with Gasteiger partial charge in [-0.2, -0.15) is 0 Å². The van der Waals surface area contributed by atoms with Crippen molar-refractivity contribution in [3.63, 3.8) is 0 Å². The number of ether oxygens (including phenoxy) is 1. The van der Waals surface area contributed by atoms with Crippen LogP contribution in [0.3, 0.4) is 0 Å². The Hall–Kier alpha value is -1.98. The second kappa shape index (κ2) is 7.15. The van der Waals surface area contributed by atoms with E-state index in [9.17, 15) is 8.78 Å². The molecule has 0 radical (unpaired) electrons. The number of hydrazine groups is 1. The topological polar surface area (TPSA) is 47.3 Å². The Bertz CT molecular complexity index is 584. The molecule has 0 aliphatic heterocycles. The quantitative estimate of drug-likeness (QED) is 0.634. The molecule has 2 aromatic rings. The third-order valence-corrected chi connectivity index (χ3v) is 3.21. The van der Waals surface area contributed by atoms with Gasteiger partial charge in [-0.3, -0.25) is 11.3 Å². The maximum atomic E-state index is 13.7. The molecule has 0 amide bonds. The third kappa shape index (κ3) is 4.00. The van der Waals surface area contributed by atoms with Crippen molar-refractivity contribution in [3.8, 4) is 5.75 Å². The maximum absolute atomic E-state index is 13.7. The van der Waals surface area contributed by atoms with Gasteiger partial charge in [-0.1, -0.05) is 18.2 Å². The van der Waals surface area contributed by atoms with E-state index in [1.54, 1.807) is 0 Å². The molecule has 0 heterocycles. The van der Waals surface area contributed by atoms with Crippen molar-refractivity contribution in [2.45, 2.75) is 19.4 Å². The normalized spacial score (nSPS) is 12.2. The number of nitrogens with one attached hydrogen (secondary N) is 1. The zero-order chi connectivity index (χ0) is 15.2. The molecule has 0 spiro atoms. The second-order valence-electron chi connectivity index (χ2n) is 4.81. The van der Waals surface area contributed by atoms with Gasteiger partial charge >= 0.3 is 0 Å². The number of halogens is 2. The number of benzene rings is 2. The highest BCUT2D eigenvalue weighted by Gasteiger charge is 2.18. The van der Waals surface area contributed by atoms with Crippen LogP contribution in [0.15, 0.2) is 42.5 Å². The van der Waals surface area contributed by atoms with Crippen LogP contribution in [-0.2, 0) is 0 Å². The lowest BCUT2D eigenvalue weighted by molar-refractivity contribution is 0.283. The Morgan fingerprint density at radius 1 is 1.14 bits per heavy atom. The van der Waals surface area contributed by atoms with Crippen LogP contribution in [-0.4, -0.2) is 6.61 Å². The van der Waals surface area contributed by atoms with Gasteiger partial charge in [0, 0.05) is 12.0 Å². The minimum atomic E-state index is -0.643. The molecule has 1 unspecified atom stereocenters. The molecule has 0 fully saturated rings. The molecule has 0 aliphatic carbocycles. The zero-order valence-corrected chi connectivity index (χ0v) is 11.8. The van der Waals surface area contributed by atoms with Crippen molar-refractivity contribution in [1.82, 2.24) is 5.43 Å². The van der Waals surface area contributed by atoms with Gasteiger partial charge in [0.2, 0.25) is 0 Å². The van der Waals surface area contributed by atoms with Gasteiger partial charge in [-0.25, -0.2) is 8.78 Å². The van der Waals surface area contributed by atoms with Crippen LogP contribution >= 0.6 is 0 Å². The van der Waals surface area contributed by atoms with Crippen LogP contribution in [0.4, 0.5) is 8.78 Å². The smallest absolute Gasteiger partial charge is 0.130 e. The van der Waals surface area contributed by atoms with E-state index in [2.05, 4.69) is 5.43 Å². The molecule has 1 atom stereocenters. The number of hydrogen-bond donors (Lipinski definition) is 2. The van der Waals surface area contributed by atoms with Crippen molar-refractivity contribution < 1.29 is 13.5 Å². The molecule has 0 bridgehead atoms. The highest BCUT2D eigenvalue weighted by molar-refractivity contribution is 5.27. The van der Waals surface area contributed by atoms with E-state index < -0.39 is 17.7 Å². The average Bonchev–Trinajstić information content (AvgIpc) is 2.45. The molecule has 2 rings (SSSR count). The summed E-state index contributed by atoms with van der Waals surface area (Å²) in [5.74, 6) is 4.90. The first-order chi connectivity index (χ1) is 10.1. The lowest BCUT2D eigenvalue weighted by Gasteiger charge is -2.18. The van der Waals surface area contributed by atoms with Gasteiger partial charge in [-0.05, 0) is 36.8 Å². The van der Waals surface area contributed by atoms with Crippen molar-refractivity contribution in [2.24, 2.45) is 5.84 Å². The predicted molar refractivity (Wildman–Crippen MR) is 77.7 cm³/mol. The molecule has 3 N–H and O–H groups in total. The predicted octanol–water partition coefficient (Wildman–Crippen LogP) is 3.25. The highest BCUT2D eigenvalue weighted by Crippen LogP contribution is 2.23. The second-order valence-corrected chi connectivity index (χ2v) is 4.81. The summed E-state index contributed by atoms with van der Waals surface area (Å²) in [4.78, 5) is 0. The van der Waals surface area contributed by atoms with Gasteiger partial charge in [0.1, 0.15) is 17.4 Å². The number of aryl methyl sites for hydroxylation is 1. The van der Waals surface area contributed by atoms with E-state index in [1.165, 1.54) is 18.2 Å². The summed E-state index contributed by atoms with van der Waals surface area (Å²) in [5, 5.41) is 0. The summed E-state index contributed by atoms with van der Waals surface area (Å²) < 4.78 is 33.0. The molecule has 112 valence electrons. The molecular weight excluding hydrogens is 274 g/mol. The van der Waals surface area contributed by atoms with E-state index in [-0.39, 0.29) is 5.56 Å². The molecule has 0 saturated heterocycles. The molecule has 21 heavy (non-hydrogen) atoms. The first kappa shape index (κ1) is 15.4. The van der Waals surface area contributed by atoms with Gasteiger partial charge in [0.05, 0.1) is 12.6 Å². The minimum absolute atomic E-state index is 0.0622. The summed E-state index contributed by atoms with van der Waals surface area (Å²) in [6.45, 7) is 2.26. The largest absolute Gasteiger partial charge is 0.494 e. The minimum Gasteiger partial charge on any atom is -0.494 e. The van der Waals surface area contributed by atoms with E-state index in [1.807, 2.05) is 31.2 Å². The van der Waals surface area contributed by atoms with E-state index in [0.29, 0.717) is 13.0 Å². The Morgan fingerprint density at radius 2 is 1.81 bits per heavy atom. The first-order valence-corrected chi connectivity index (χ1v) is 6.71. The van der Waals surface area contributed by atoms with E-state index in [0.717, 1.165) is 11.3 Å². The monoisotopic (exact) mass is 292 g/mol. The molecule has 0 aliphatic rings. The van der Waals surface area contributed by atoms with Crippen LogP contribution in [0, 0.1) is 18.6 Å². The van der Waals surface area contributed by atoms with Crippen LogP contribution in [0.25, 0.3) is 0 Å². The highest BCUT2D eigenvalue weighted by atomic mass is 19.1. The maximum Gasteiger partial charge on any atom is 0.130 e. The van der Waals surface area contributed by atoms with Crippen molar-refractivity contribution in [2.75, 3.05) is 6.61 Å². The number of nitrogens with two attached hydrogens (primary N) is 1. The van der Waals surface area contributed by atoms with Crippen LogP contribution in [0.5, 0.6) is 5.75 Å². The standard InChI is InChI=1S/C16H18F2N2O/c1-11-4-2-5-12(10-11)21-9-8-15(20-19)16-13(17)6-3-7-14(16)18/h2-7,10,15,20H,8-9,19H2,1H3. The Balaban J connectivity index is 2.00. The summed E-state index contributed by atoms with van der Waals surface area (Å²) >= 11 is 0. The van der Waals surface area contributed by atoms with Crippen LogP contribution in [0.1, 0.15) is 23.6 Å². The molecule has 0 aromatic heterocycles. The van der Waals surface area contributed by atoms with Gasteiger partial charge < -0.3 is 4.74 Å². The molecular formula is C16H18F2N2O. The number of hydrogen-bond acceptors (Lipinski definition) is 3. The molecule has 0 saturated carbocycles. The fraction of sp³-hybridized carbons (Fsp3) is 0.250. The SMILES string of the molecule is Cc1cccc(OCCC(NN)c2c(F)cccc2F)c1. The van der Waals surface area contributed by atoms with Crippen LogP contribution < -0.4 is 16.0 Å². The Kier molecular flexibility index (Phi) is 5.25.